The Morgan fingerprint density at radius 2 is 1.48 bits per heavy atom. The minimum Gasteiger partial charge on any atom is -0.497 e. The largest absolute Gasteiger partial charge is 0.497 e. The SMILES string of the molecule is COc1ccc(C(NC(=O)CCc2cc(OC)cc(OC)c2)C(=O)O)cc1. The van der Waals surface area contributed by atoms with Gasteiger partial charge in [-0.05, 0) is 41.8 Å². The summed E-state index contributed by atoms with van der Waals surface area (Å²) in [7, 11) is 4.63. The summed E-state index contributed by atoms with van der Waals surface area (Å²) in [5, 5.41) is 12.0. The average Bonchev–Trinajstić information content (AvgIpc) is 2.70. The maximum absolute atomic E-state index is 12.3. The van der Waals surface area contributed by atoms with Crippen molar-refractivity contribution in [3.63, 3.8) is 0 Å². The van der Waals surface area contributed by atoms with Crippen LogP contribution in [0.4, 0.5) is 0 Å². The van der Waals surface area contributed by atoms with Crippen LogP contribution in [-0.4, -0.2) is 38.3 Å². The smallest absolute Gasteiger partial charge is 0.330 e. The fraction of sp³-hybridized carbons (Fsp3) is 0.300. The van der Waals surface area contributed by atoms with Gasteiger partial charge in [0.1, 0.15) is 17.2 Å². The van der Waals surface area contributed by atoms with Crippen LogP contribution in [0.2, 0.25) is 0 Å². The van der Waals surface area contributed by atoms with Gasteiger partial charge < -0.3 is 24.6 Å². The van der Waals surface area contributed by atoms with Crippen molar-refractivity contribution in [3.05, 3.63) is 53.6 Å². The predicted molar refractivity (Wildman–Crippen MR) is 99.4 cm³/mol. The number of ether oxygens (including phenoxy) is 3. The van der Waals surface area contributed by atoms with Gasteiger partial charge in [0.15, 0.2) is 6.04 Å². The van der Waals surface area contributed by atoms with E-state index >= 15 is 0 Å². The van der Waals surface area contributed by atoms with Crippen LogP contribution in [0.1, 0.15) is 23.6 Å². The third-order valence-corrected chi connectivity index (χ3v) is 4.05. The van der Waals surface area contributed by atoms with Gasteiger partial charge in [-0.15, -0.1) is 0 Å². The first kappa shape index (κ1) is 20.1. The number of aryl methyl sites for hydroxylation is 1. The Kier molecular flexibility index (Phi) is 7.05. The van der Waals surface area contributed by atoms with Crippen LogP contribution in [0.15, 0.2) is 42.5 Å². The molecule has 0 spiro atoms. The number of methoxy groups -OCH3 is 3. The third kappa shape index (κ3) is 5.64. The van der Waals surface area contributed by atoms with Crippen molar-refractivity contribution >= 4 is 11.9 Å². The van der Waals surface area contributed by atoms with Crippen molar-refractivity contribution in [1.82, 2.24) is 5.32 Å². The van der Waals surface area contributed by atoms with Crippen LogP contribution in [0.5, 0.6) is 17.2 Å². The highest BCUT2D eigenvalue weighted by atomic mass is 16.5. The highest BCUT2D eigenvalue weighted by Crippen LogP contribution is 2.23. The van der Waals surface area contributed by atoms with Crippen molar-refractivity contribution in [2.24, 2.45) is 0 Å². The minimum atomic E-state index is -1.13. The minimum absolute atomic E-state index is 0.135. The zero-order valence-electron chi connectivity index (χ0n) is 15.5. The lowest BCUT2D eigenvalue weighted by molar-refractivity contribution is -0.142. The van der Waals surface area contributed by atoms with E-state index in [0.29, 0.717) is 29.2 Å². The second-order valence-electron chi connectivity index (χ2n) is 5.83. The van der Waals surface area contributed by atoms with Gasteiger partial charge in [-0.2, -0.15) is 0 Å². The summed E-state index contributed by atoms with van der Waals surface area (Å²) in [5.74, 6) is 0.385. The monoisotopic (exact) mass is 373 g/mol. The van der Waals surface area contributed by atoms with Crippen molar-refractivity contribution in [2.75, 3.05) is 21.3 Å². The predicted octanol–water partition coefficient (Wildman–Crippen LogP) is 2.59. The molecule has 0 saturated heterocycles. The number of amides is 1. The van der Waals surface area contributed by atoms with E-state index in [1.165, 1.54) is 7.11 Å². The summed E-state index contributed by atoms with van der Waals surface area (Å²) in [5.41, 5.74) is 1.33. The van der Waals surface area contributed by atoms with E-state index in [2.05, 4.69) is 5.32 Å². The van der Waals surface area contributed by atoms with Crippen LogP contribution in [0.3, 0.4) is 0 Å². The van der Waals surface area contributed by atoms with Gasteiger partial charge in [0.25, 0.3) is 0 Å². The topological polar surface area (TPSA) is 94.1 Å². The van der Waals surface area contributed by atoms with Crippen LogP contribution in [0.25, 0.3) is 0 Å². The van der Waals surface area contributed by atoms with Crippen molar-refractivity contribution in [3.8, 4) is 17.2 Å². The second kappa shape index (κ2) is 9.47. The van der Waals surface area contributed by atoms with Crippen molar-refractivity contribution in [1.29, 1.82) is 0 Å². The molecule has 1 atom stereocenters. The maximum atomic E-state index is 12.3. The number of carbonyl (C=O) groups is 2. The van der Waals surface area contributed by atoms with Gasteiger partial charge >= 0.3 is 5.97 Å². The number of carbonyl (C=O) groups excluding carboxylic acids is 1. The van der Waals surface area contributed by atoms with E-state index in [1.807, 2.05) is 12.1 Å². The fourth-order valence-corrected chi connectivity index (χ4v) is 2.59. The summed E-state index contributed by atoms with van der Waals surface area (Å²) >= 11 is 0. The molecule has 0 bridgehead atoms. The summed E-state index contributed by atoms with van der Waals surface area (Å²) < 4.78 is 15.5. The summed E-state index contributed by atoms with van der Waals surface area (Å²) in [6, 6.07) is 10.8. The number of hydrogen-bond donors (Lipinski definition) is 2. The summed E-state index contributed by atoms with van der Waals surface area (Å²) in [6.45, 7) is 0. The van der Waals surface area contributed by atoms with Crippen LogP contribution in [0, 0.1) is 0 Å². The lowest BCUT2D eigenvalue weighted by atomic mass is 10.1. The van der Waals surface area contributed by atoms with Crippen molar-refractivity contribution in [2.45, 2.75) is 18.9 Å². The molecule has 2 aromatic rings. The first-order valence-corrected chi connectivity index (χ1v) is 8.35. The van der Waals surface area contributed by atoms with E-state index in [0.717, 1.165) is 5.56 Å². The van der Waals surface area contributed by atoms with Gasteiger partial charge in [-0.3, -0.25) is 4.79 Å². The Hall–Kier alpha value is -3.22. The number of rotatable bonds is 9. The first-order chi connectivity index (χ1) is 13.0. The van der Waals surface area contributed by atoms with E-state index in [9.17, 15) is 14.7 Å². The van der Waals surface area contributed by atoms with Gasteiger partial charge in [0.05, 0.1) is 21.3 Å². The molecule has 2 N–H and O–H groups in total. The molecule has 7 heteroatoms. The molecule has 2 aromatic carbocycles. The Morgan fingerprint density at radius 3 is 1.96 bits per heavy atom. The molecule has 144 valence electrons. The number of hydrogen-bond acceptors (Lipinski definition) is 5. The molecule has 7 nitrogen and oxygen atoms in total. The lowest BCUT2D eigenvalue weighted by Crippen LogP contribution is -2.33. The third-order valence-electron chi connectivity index (χ3n) is 4.05. The van der Waals surface area contributed by atoms with Crippen LogP contribution >= 0.6 is 0 Å². The second-order valence-corrected chi connectivity index (χ2v) is 5.83. The lowest BCUT2D eigenvalue weighted by Gasteiger charge is -2.15. The summed E-state index contributed by atoms with van der Waals surface area (Å²) in [6.07, 6.45) is 0.560. The zero-order valence-corrected chi connectivity index (χ0v) is 15.5. The standard InChI is InChI=1S/C20H23NO6/c1-25-15-7-5-14(6-8-15)19(20(23)24)21-18(22)9-4-13-10-16(26-2)12-17(11-13)27-3/h5-8,10-12,19H,4,9H2,1-3H3,(H,21,22)(H,23,24). The molecule has 1 unspecified atom stereocenters. The summed E-state index contributed by atoms with van der Waals surface area (Å²) in [4.78, 5) is 23.8. The highest BCUT2D eigenvalue weighted by molar-refractivity contribution is 5.84. The Labute approximate surface area is 157 Å². The number of carboxylic acid groups (broad SMARTS) is 1. The van der Waals surface area contributed by atoms with E-state index in [1.54, 1.807) is 44.6 Å². The Balaban J connectivity index is 2.02. The van der Waals surface area contributed by atoms with Gasteiger partial charge in [0.2, 0.25) is 5.91 Å². The maximum Gasteiger partial charge on any atom is 0.330 e. The Bertz CT molecular complexity index is 765. The molecule has 27 heavy (non-hydrogen) atoms. The molecule has 0 radical (unpaired) electrons. The van der Waals surface area contributed by atoms with E-state index in [4.69, 9.17) is 14.2 Å². The van der Waals surface area contributed by atoms with Gasteiger partial charge in [-0.25, -0.2) is 4.79 Å². The van der Waals surface area contributed by atoms with Gasteiger partial charge in [-0.1, -0.05) is 12.1 Å². The van der Waals surface area contributed by atoms with Crippen LogP contribution < -0.4 is 19.5 Å². The zero-order chi connectivity index (χ0) is 19.8. The molecule has 0 fully saturated rings. The number of benzene rings is 2. The quantitative estimate of drug-likeness (QED) is 0.702. The highest BCUT2D eigenvalue weighted by Gasteiger charge is 2.22. The number of carboxylic acids is 1. The number of aliphatic carboxylic acids is 1. The Morgan fingerprint density at radius 1 is 0.926 bits per heavy atom. The normalized spacial score (nSPS) is 11.4. The van der Waals surface area contributed by atoms with E-state index in [-0.39, 0.29) is 12.3 Å². The first-order valence-electron chi connectivity index (χ1n) is 8.35. The van der Waals surface area contributed by atoms with Gasteiger partial charge in [0, 0.05) is 12.5 Å². The van der Waals surface area contributed by atoms with Crippen LogP contribution in [-0.2, 0) is 16.0 Å². The molecule has 0 aliphatic heterocycles. The molecular formula is C20H23NO6. The average molecular weight is 373 g/mol. The fourth-order valence-electron chi connectivity index (χ4n) is 2.59. The molecule has 0 aliphatic rings. The van der Waals surface area contributed by atoms with Crippen molar-refractivity contribution < 1.29 is 28.9 Å². The molecule has 0 aliphatic carbocycles. The van der Waals surface area contributed by atoms with E-state index < -0.39 is 12.0 Å². The molecule has 0 saturated carbocycles. The molecule has 0 heterocycles. The number of nitrogens with one attached hydrogen (secondary N) is 1. The molecular weight excluding hydrogens is 350 g/mol. The molecule has 1 amide bonds. The molecule has 0 aromatic heterocycles. The molecule has 2 rings (SSSR count).